The monoisotopic (exact) mass is 643 g/mol. The number of ketones is 1. The smallest absolute Gasteiger partial charge is 0.306 e. The second-order valence-electron chi connectivity index (χ2n) is 12.4. The van der Waals surface area contributed by atoms with E-state index in [1.807, 2.05) is 58.0 Å². The summed E-state index contributed by atoms with van der Waals surface area (Å²) in [4.78, 5) is 70.1. The highest BCUT2D eigenvalue weighted by molar-refractivity contribution is 7.11. The zero-order chi connectivity index (χ0) is 33.8. The lowest BCUT2D eigenvalue weighted by atomic mass is 9.94. The van der Waals surface area contributed by atoms with E-state index in [0.717, 1.165) is 16.9 Å². The molecule has 2 rings (SSSR count). The highest BCUT2D eigenvalue weighted by atomic mass is 32.1. The number of carbonyl (C=O) groups excluding carboxylic acids is 4. The third kappa shape index (κ3) is 11.7. The van der Waals surface area contributed by atoms with Gasteiger partial charge in [0.1, 0.15) is 11.7 Å². The number of benzene rings is 1. The second kappa shape index (κ2) is 17.7. The minimum atomic E-state index is -0.948. The van der Waals surface area contributed by atoms with Crippen LogP contribution < -0.4 is 16.0 Å². The molecule has 1 aromatic heterocycles. The van der Waals surface area contributed by atoms with E-state index in [1.54, 1.807) is 32.8 Å². The van der Waals surface area contributed by atoms with E-state index in [2.05, 4.69) is 20.9 Å². The standard InChI is InChI=1S/C33H49N5O6S/c1-9-20(4)28(37-29(40)22(6)38(7)8)31(42)35-25(19(2)3)17-27(39)32-36-26(18-45-32)30(41)34-24(15-21(5)33(43)44)16-23-13-11-10-12-14-23/h10-14,18-22,24-25,28H,9,15-17H2,1-8H3,(H,34,41)(H,35,42)(H,37,40)(H,43,44)/t20-,21-,22+,24+,25+,28-/m0/s1. The molecule has 0 saturated heterocycles. The van der Waals surface area contributed by atoms with Gasteiger partial charge >= 0.3 is 5.97 Å². The van der Waals surface area contributed by atoms with E-state index in [-0.39, 0.29) is 53.0 Å². The Balaban J connectivity index is 2.13. The molecule has 1 aromatic carbocycles. The Labute approximate surface area is 270 Å². The summed E-state index contributed by atoms with van der Waals surface area (Å²) in [5.74, 6) is -3.25. The molecule has 2 aromatic rings. The Bertz CT molecular complexity index is 1300. The molecule has 248 valence electrons. The van der Waals surface area contributed by atoms with Crippen molar-refractivity contribution in [1.29, 1.82) is 0 Å². The van der Waals surface area contributed by atoms with E-state index in [4.69, 9.17) is 0 Å². The number of hydrogen-bond donors (Lipinski definition) is 4. The quantitative estimate of drug-likeness (QED) is 0.179. The number of carboxylic acid groups (broad SMARTS) is 1. The summed E-state index contributed by atoms with van der Waals surface area (Å²) in [5.41, 5.74) is 1.03. The molecule has 0 aliphatic rings. The van der Waals surface area contributed by atoms with Gasteiger partial charge in [-0.1, -0.05) is 71.4 Å². The van der Waals surface area contributed by atoms with Crippen LogP contribution in [-0.4, -0.2) is 82.7 Å². The van der Waals surface area contributed by atoms with Crippen LogP contribution >= 0.6 is 11.3 Å². The molecule has 0 bridgehead atoms. The van der Waals surface area contributed by atoms with Gasteiger partial charge in [0, 0.05) is 23.9 Å². The number of nitrogens with one attached hydrogen (secondary N) is 3. The van der Waals surface area contributed by atoms with E-state index in [1.165, 1.54) is 5.38 Å². The summed E-state index contributed by atoms with van der Waals surface area (Å²) in [6, 6.07) is 7.32. The van der Waals surface area contributed by atoms with E-state index >= 15 is 0 Å². The molecule has 6 atom stereocenters. The van der Waals surface area contributed by atoms with Crippen LogP contribution in [0.2, 0.25) is 0 Å². The number of thiazole rings is 1. The molecule has 4 N–H and O–H groups in total. The van der Waals surface area contributed by atoms with Crippen LogP contribution in [0.15, 0.2) is 35.7 Å². The fraction of sp³-hybridized carbons (Fsp3) is 0.576. The molecule has 0 unspecified atom stereocenters. The molecule has 1 heterocycles. The molecule has 0 radical (unpaired) electrons. The van der Waals surface area contributed by atoms with Crippen molar-refractivity contribution >= 4 is 40.8 Å². The summed E-state index contributed by atoms with van der Waals surface area (Å²) in [5, 5.41) is 19.8. The third-order valence-corrected chi connectivity index (χ3v) is 9.06. The molecule has 3 amide bonds. The first-order valence-corrected chi connectivity index (χ1v) is 16.4. The van der Waals surface area contributed by atoms with Gasteiger partial charge in [0.25, 0.3) is 5.91 Å². The number of likely N-dealkylation sites (N-methyl/N-ethyl adjacent to an activating group) is 1. The number of hydrogen-bond acceptors (Lipinski definition) is 8. The van der Waals surface area contributed by atoms with Crippen molar-refractivity contribution in [1.82, 2.24) is 25.8 Å². The van der Waals surface area contributed by atoms with Crippen LogP contribution in [-0.2, 0) is 20.8 Å². The van der Waals surface area contributed by atoms with Crippen LogP contribution in [0.1, 0.15) is 86.7 Å². The zero-order valence-corrected chi connectivity index (χ0v) is 28.4. The number of nitrogens with zero attached hydrogens (tertiary/aromatic N) is 2. The van der Waals surface area contributed by atoms with Crippen molar-refractivity contribution in [3.8, 4) is 0 Å². The normalized spacial score (nSPS) is 15.4. The molecule has 0 spiro atoms. The molecule has 0 aliphatic carbocycles. The number of carbonyl (C=O) groups is 5. The van der Waals surface area contributed by atoms with E-state index in [0.29, 0.717) is 12.8 Å². The topological polar surface area (TPSA) is 158 Å². The average molecular weight is 644 g/mol. The molecule has 11 nitrogen and oxygen atoms in total. The van der Waals surface area contributed by atoms with Gasteiger partial charge in [0.05, 0.1) is 12.0 Å². The maximum atomic E-state index is 13.4. The maximum Gasteiger partial charge on any atom is 0.306 e. The lowest BCUT2D eigenvalue weighted by molar-refractivity contribution is -0.141. The number of carboxylic acids is 1. The van der Waals surface area contributed by atoms with Gasteiger partial charge in [-0.2, -0.15) is 0 Å². The summed E-state index contributed by atoms with van der Waals surface area (Å²) >= 11 is 1.05. The summed E-state index contributed by atoms with van der Waals surface area (Å²) < 4.78 is 0. The first-order valence-electron chi connectivity index (χ1n) is 15.5. The van der Waals surface area contributed by atoms with Gasteiger partial charge < -0.3 is 21.1 Å². The largest absolute Gasteiger partial charge is 0.481 e. The Hall–Kier alpha value is -3.64. The van der Waals surface area contributed by atoms with Crippen molar-refractivity contribution in [2.24, 2.45) is 17.8 Å². The van der Waals surface area contributed by atoms with Crippen LogP contribution in [0.5, 0.6) is 0 Å². The Morgan fingerprint density at radius 2 is 1.58 bits per heavy atom. The van der Waals surface area contributed by atoms with Gasteiger partial charge in [-0.25, -0.2) is 4.98 Å². The molecule has 0 aliphatic heterocycles. The number of Topliss-reactive ketones (excluding diaryl/α,β-unsaturated/α-hetero) is 1. The minimum Gasteiger partial charge on any atom is -0.481 e. The fourth-order valence-electron chi connectivity index (χ4n) is 4.61. The van der Waals surface area contributed by atoms with Crippen molar-refractivity contribution < 1.29 is 29.1 Å². The molecular formula is C33H49N5O6S. The second-order valence-corrected chi connectivity index (χ2v) is 13.2. The fourth-order valence-corrected chi connectivity index (χ4v) is 5.36. The van der Waals surface area contributed by atoms with Gasteiger partial charge in [-0.3, -0.25) is 28.9 Å². The molecule has 0 fully saturated rings. The highest BCUT2D eigenvalue weighted by Crippen LogP contribution is 2.19. The molecule has 0 saturated carbocycles. The van der Waals surface area contributed by atoms with Crippen LogP contribution in [0.4, 0.5) is 0 Å². The number of aromatic nitrogens is 1. The maximum absolute atomic E-state index is 13.4. The van der Waals surface area contributed by atoms with E-state index in [9.17, 15) is 29.1 Å². The minimum absolute atomic E-state index is 0.0278. The summed E-state index contributed by atoms with van der Waals surface area (Å²) in [6.45, 7) is 11.0. The zero-order valence-electron chi connectivity index (χ0n) is 27.6. The molecular weight excluding hydrogens is 594 g/mol. The van der Waals surface area contributed by atoms with Crippen molar-refractivity contribution in [3.05, 3.63) is 52.0 Å². The van der Waals surface area contributed by atoms with Gasteiger partial charge in [-0.15, -0.1) is 11.3 Å². The Morgan fingerprint density at radius 3 is 2.13 bits per heavy atom. The lowest BCUT2D eigenvalue weighted by Gasteiger charge is -2.29. The van der Waals surface area contributed by atoms with Gasteiger partial charge in [0.15, 0.2) is 10.8 Å². The van der Waals surface area contributed by atoms with Crippen molar-refractivity contribution in [3.63, 3.8) is 0 Å². The predicted octanol–water partition coefficient (Wildman–Crippen LogP) is 3.79. The third-order valence-electron chi connectivity index (χ3n) is 8.18. The molecule has 12 heteroatoms. The predicted molar refractivity (Wildman–Crippen MR) is 175 cm³/mol. The first kappa shape index (κ1) is 37.5. The van der Waals surface area contributed by atoms with Crippen LogP contribution in [0.25, 0.3) is 0 Å². The Kier molecular flexibility index (Phi) is 14.8. The van der Waals surface area contributed by atoms with Gasteiger partial charge in [-0.05, 0) is 51.3 Å². The first-order chi connectivity index (χ1) is 21.1. The molecule has 45 heavy (non-hydrogen) atoms. The number of rotatable bonds is 18. The Morgan fingerprint density at radius 1 is 0.933 bits per heavy atom. The number of aliphatic carboxylic acids is 1. The van der Waals surface area contributed by atoms with E-state index < -0.39 is 42.0 Å². The highest BCUT2D eigenvalue weighted by Gasteiger charge is 2.31. The summed E-state index contributed by atoms with van der Waals surface area (Å²) in [7, 11) is 3.58. The van der Waals surface area contributed by atoms with Gasteiger partial charge in [0.2, 0.25) is 11.8 Å². The van der Waals surface area contributed by atoms with Crippen LogP contribution in [0, 0.1) is 17.8 Å². The number of amides is 3. The van der Waals surface area contributed by atoms with Crippen LogP contribution in [0.3, 0.4) is 0 Å². The van der Waals surface area contributed by atoms with Crippen molar-refractivity contribution in [2.75, 3.05) is 14.1 Å². The lowest BCUT2D eigenvalue weighted by Crippen LogP contribution is -2.56. The summed E-state index contributed by atoms with van der Waals surface area (Å²) in [6.07, 6.45) is 1.32. The average Bonchev–Trinajstić information content (AvgIpc) is 3.49. The van der Waals surface area contributed by atoms with Crippen molar-refractivity contribution in [2.45, 2.75) is 91.4 Å². The SMILES string of the molecule is CC[C@H](C)[C@H](NC(=O)[C@@H](C)N(C)C)C(=O)N[C@H](CC(=O)c1nc(C(=O)N[C@@H](Cc2ccccc2)C[C@H](C)C(=O)O)cs1)C(C)C.